The van der Waals surface area contributed by atoms with Crippen molar-refractivity contribution >= 4 is 11.4 Å². The molecule has 258 valence electrons. The second kappa shape index (κ2) is 18.0. The number of hydrogen-bond acceptors (Lipinski definition) is 10. The predicted molar refractivity (Wildman–Crippen MR) is 183 cm³/mol. The highest BCUT2D eigenvalue weighted by Crippen LogP contribution is 2.33. The van der Waals surface area contributed by atoms with E-state index in [2.05, 4.69) is 29.4 Å². The predicted octanol–water partition coefficient (Wildman–Crippen LogP) is 4.50. The van der Waals surface area contributed by atoms with E-state index in [1.165, 1.54) is 19.3 Å². The van der Waals surface area contributed by atoms with Gasteiger partial charge in [0.1, 0.15) is 22.9 Å². The Kier molecular flexibility index (Phi) is 14.2. The summed E-state index contributed by atoms with van der Waals surface area (Å²) in [7, 11) is 4.94. The van der Waals surface area contributed by atoms with Crippen LogP contribution in [-0.4, -0.2) is 77.5 Å². The molecule has 0 spiro atoms. The summed E-state index contributed by atoms with van der Waals surface area (Å²) in [6.07, 6.45) is 8.72. The molecule has 10 nitrogen and oxygen atoms in total. The molecule has 4 rings (SSSR count). The molecule has 1 aliphatic heterocycles. The molecule has 1 saturated heterocycles. The Bertz CT molecular complexity index is 1250. The maximum atomic E-state index is 13.1. The molecular weight excluding hydrogens is 586 g/mol. The first-order valence-electron chi connectivity index (χ1n) is 17.3. The number of rotatable bonds is 19. The second-order valence-corrected chi connectivity index (χ2v) is 13.6. The molecule has 4 atom stereocenters. The van der Waals surface area contributed by atoms with Gasteiger partial charge in [0.15, 0.2) is 0 Å². The fourth-order valence-corrected chi connectivity index (χ4v) is 7.35. The molecule has 0 amide bonds. The molecular formula is C36H57N3O7. The third-order valence-electron chi connectivity index (χ3n) is 9.78. The van der Waals surface area contributed by atoms with Gasteiger partial charge in [-0.1, -0.05) is 46.0 Å². The van der Waals surface area contributed by atoms with Crippen LogP contribution in [0.5, 0.6) is 11.5 Å². The first-order valence-corrected chi connectivity index (χ1v) is 17.3. The van der Waals surface area contributed by atoms with Crippen LogP contribution in [-0.2, 0) is 16.0 Å². The van der Waals surface area contributed by atoms with Gasteiger partial charge in [0, 0.05) is 58.5 Å². The van der Waals surface area contributed by atoms with Crippen molar-refractivity contribution < 1.29 is 24.1 Å². The smallest absolute Gasteiger partial charge is 0.253 e. The van der Waals surface area contributed by atoms with E-state index >= 15 is 0 Å². The molecule has 3 N–H and O–H groups in total. The van der Waals surface area contributed by atoms with Gasteiger partial charge in [-0.3, -0.25) is 9.59 Å². The summed E-state index contributed by atoms with van der Waals surface area (Å²) in [4.78, 5) is 28.2. The number of aliphatic hydroxyl groups excluding tert-OH is 1. The minimum absolute atomic E-state index is 0.0686. The van der Waals surface area contributed by atoms with Crippen molar-refractivity contribution in [2.45, 2.75) is 96.4 Å². The molecule has 1 aliphatic carbocycles. The maximum absolute atomic E-state index is 13.1. The minimum Gasteiger partial charge on any atom is -0.497 e. The summed E-state index contributed by atoms with van der Waals surface area (Å²) < 4.78 is 22.3. The summed E-state index contributed by atoms with van der Waals surface area (Å²) in [5, 5.41) is 18.3. The standard InChI is InChI=1S/C36H57N3O7/c1-24(2)36(46-16-10-15-43-3)27-13-9-14-39(23-27)33-32(34(41)35(33)42)38-30(19-25-11-7-6-8-12-25)31(40)22-37-21-26-17-28(44-4)20-29(18-26)45-5/h17-18,20,24-25,27,30-31,36-38,40H,6-16,19,21-23H2,1-5H3/t27?,30-,31+,36-/m0/s1. The third kappa shape index (κ3) is 9.69. The van der Waals surface area contributed by atoms with Crippen LogP contribution in [0.15, 0.2) is 27.8 Å². The zero-order valence-electron chi connectivity index (χ0n) is 28.6. The van der Waals surface area contributed by atoms with E-state index in [1.807, 2.05) is 18.2 Å². The van der Waals surface area contributed by atoms with Crippen LogP contribution in [0, 0.1) is 17.8 Å². The summed E-state index contributed by atoms with van der Waals surface area (Å²) in [6.45, 7) is 7.92. The molecule has 2 aliphatic rings. The van der Waals surface area contributed by atoms with Crippen molar-refractivity contribution in [1.82, 2.24) is 5.32 Å². The number of nitrogens with one attached hydrogen (secondary N) is 2. The Balaban J connectivity index is 1.45. The zero-order valence-corrected chi connectivity index (χ0v) is 28.6. The van der Waals surface area contributed by atoms with Crippen LogP contribution in [0.3, 0.4) is 0 Å². The molecule has 46 heavy (non-hydrogen) atoms. The summed E-state index contributed by atoms with van der Waals surface area (Å²) in [5.74, 6) is 2.48. The Morgan fingerprint density at radius 1 is 0.935 bits per heavy atom. The Morgan fingerprint density at radius 2 is 1.65 bits per heavy atom. The van der Waals surface area contributed by atoms with Gasteiger partial charge in [-0.15, -0.1) is 0 Å². The lowest BCUT2D eigenvalue weighted by atomic mass is 9.83. The molecule has 0 radical (unpaired) electrons. The van der Waals surface area contributed by atoms with E-state index in [0.717, 1.165) is 50.6 Å². The molecule has 2 fully saturated rings. The number of hydrogen-bond donors (Lipinski definition) is 3. The van der Waals surface area contributed by atoms with Gasteiger partial charge in [-0.05, 0) is 55.2 Å². The first-order chi connectivity index (χ1) is 22.2. The number of aliphatic hydroxyl groups is 1. The normalized spacial score (nSPS) is 19.7. The van der Waals surface area contributed by atoms with Crippen molar-refractivity contribution in [2.75, 3.05) is 64.4 Å². The van der Waals surface area contributed by atoms with Crippen LogP contribution in [0.4, 0.5) is 11.4 Å². The number of nitrogens with zero attached hydrogens (tertiary/aromatic N) is 1. The summed E-state index contributed by atoms with van der Waals surface area (Å²) >= 11 is 0. The van der Waals surface area contributed by atoms with Crippen molar-refractivity contribution in [3.05, 3.63) is 44.2 Å². The fourth-order valence-electron chi connectivity index (χ4n) is 7.35. The molecule has 10 heteroatoms. The molecule has 1 unspecified atom stereocenters. The molecule has 0 aromatic heterocycles. The average molecular weight is 644 g/mol. The topological polar surface area (TPSA) is 119 Å². The third-order valence-corrected chi connectivity index (χ3v) is 9.78. The van der Waals surface area contributed by atoms with Gasteiger partial charge in [-0.2, -0.15) is 0 Å². The van der Waals surface area contributed by atoms with Crippen LogP contribution in [0.2, 0.25) is 0 Å². The van der Waals surface area contributed by atoms with Crippen molar-refractivity contribution in [1.29, 1.82) is 0 Å². The number of anilines is 2. The lowest BCUT2D eigenvalue weighted by Gasteiger charge is -2.40. The first kappa shape index (κ1) is 36.2. The number of ether oxygens (including phenoxy) is 4. The van der Waals surface area contributed by atoms with Crippen molar-refractivity contribution in [2.24, 2.45) is 17.8 Å². The lowest BCUT2D eigenvalue weighted by Crippen LogP contribution is -2.51. The van der Waals surface area contributed by atoms with Gasteiger partial charge in [0.2, 0.25) is 0 Å². The highest BCUT2D eigenvalue weighted by atomic mass is 16.5. The Hall–Kier alpha value is -2.66. The molecule has 1 saturated carbocycles. The van der Waals surface area contributed by atoms with Gasteiger partial charge in [0.25, 0.3) is 10.9 Å². The lowest BCUT2D eigenvalue weighted by molar-refractivity contribution is -0.0275. The summed E-state index contributed by atoms with van der Waals surface area (Å²) in [6, 6.07) is 5.35. The average Bonchev–Trinajstić information content (AvgIpc) is 3.07. The maximum Gasteiger partial charge on any atom is 0.253 e. The van der Waals surface area contributed by atoms with Crippen LogP contribution in [0.1, 0.15) is 77.2 Å². The van der Waals surface area contributed by atoms with E-state index in [0.29, 0.717) is 67.6 Å². The van der Waals surface area contributed by atoms with E-state index in [4.69, 9.17) is 18.9 Å². The van der Waals surface area contributed by atoms with E-state index < -0.39 is 17.0 Å². The molecule has 2 aromatic carbocycles. The molecule has 2 aromatic rings. The minimum atomic E-state index is -0.758. The van der Waals surface area contributed by atoms with Crippen LogP contribution < -0.4 is 35.9 Å². The van der Waals surface area contributed by atoms with Crippen LogP contribution >= 0.6 is 0 Å². The fraction of sp³-hybridized carbons (Fsp3) is 0.722. The van der Waals surface area contributed by atoms with Crippen LogP contribution in [0.25, 0.3) is 0 Å². The number of benzene rings is 1. The Morgan fingerprint density at radius 3 is 2.30 bits per heavy atom. The zero-order chi connectivity index (χ0) is 33.1. The van der Waals surface area contributed by atoms with Gasteiger partial charge in [-0.25, -0.2) is 0 Å². The van der Waals surface area contributed by atoms with Gasteiger partial charge < -0.3 is 39.6 Å². The highest BCUT2D eigenvalue weighted by molar-refractivity contribution is 5.75. The van der Waals surface area contributed by atoms with Crippen molar-refractivity contribution in [3.8, 4) is 11.5 Å². The number of methoxy groups -OCH3 is 3. The largest absolute Gasteiger partial charge is 0.497 e. The van der Waals surface area contributed by atoms with Gasteiger partial charge >= 0.3 is 0 Å². The van der Waals surface area contributed by atoms with E-state index in [9.17, 15) is 14.7 Å². The quantitative estimate of drug-likeness (QED) is 0.149. The highest BCUT2D eigenvalue weighted by Gasteiger charge is 2.36. The SMILES string of the molecule is COCCCO[C@@H](C(C)C)C1CCCN(c2c(N[C@@H](CC3CCCCC3)[C@H](O)CNCc3cc(OC)cc(OC)c3)c(=O)c2=O)C1. The Labute approximate surface area is 274 Å². The van der Waals surface area contributed by atoms with Gasteiger partial charge in [0.05, 0.1) is 32.5 Å². The molecule has 1 heterocycles. The number of piperidine rings is 1. The monoisotopic (exact) mass is 643 g/mol. The van der Waals surface area contributed by atoms with E-state index in [1.54, 1.807) is 21.3 Å². The van der Waals surface area contributed by atoms with Crippen molar-refractivity contribution in [3.63, 3.8) is 0 Å². The van der Waals surface area contributed by atoms with E-state index in [-0.39, 0.29) is 18.1 Å². The second-order valence-electron chi connectivity index (χ2n) is 13.6. The molecule has 0 bridgehead atoms. The summed E-state index contributed by atoms with van der Waals surface area (Å²) in [5.41, 5.74) is 0.915.